The number of hydrogen-bond acceptors (Lipinski definition) is 4. The topological polar surface area (TPSA) is 69.0 Å². The number of aromatic nitrogens is 3. The summed E-state index contributed by atoms with van der Waals surface area (Å²) in [6.07, 6.45) is -3.91. The summed E-state index contributed by atoms with van der Waals surface area (Å²) in [5, 5.41) is 9.78. The Kier molecular flexibility index (Phi) is 4.34. The van der Waals surface area contributed by atoms with Crippen LogP contribution in [0.15, 0.2) is 30.6 Å². The first kappa shape index (κ1) is 15.8. The Balaban J connectivity index is 1.98. The molecule has 0 fully saturated rings. The van der Waals surface area contributed by atoms with Crippen LogP contribution in [0.1, 0.15) is 12.5 Å². The molecule has 1 heterocycles. The maximum absolute atomic E-state index is 12.4. The number of nitrogens with zero attached hydrogens (tertiary/aromatic N) is 3. The summed E-state index contributed by atoms with van der Waals surface area (Å²) >= 11 is 0. The van der Waals surface area contributed by atoms with Gasteiger partial charge in [-0.1, -0.05) is 0 Å². The highest BCUT2D eigenvalue weighted by atomic mass is 19.4. The van der Waals surface area contributed by atoms with E-state index >= 15 is 0 Å². The molecule has 1 aromatic carbocycles. The number of rotatable bonds is 4. The molecule has 0 unspecified atom stereocenters. The Bertz CT molecular complexity index is 652. The molecule has 1 amide bonds. The van der Waals surface area contributed by atoms with E-state index in [1.165, 1.54) is 17.8 Å². The number of nitrogens with one attached hydrogen (secondary N) is 1. The van der Waals surface area contributed by atoms with Crippen LogP contribution in [0.4, 0.5) is 19.1 Å². The van der Waals surface area contributed by atoms with Crippen LogP contribution in [0.25, 0.3) is 0 Å². The average Bonchev–Trinajstić information content (AvgIpc) is 2.84. The highest BCUT2D eigenvalue weighted by Crippen LogP contribution is 2.30. The van der Waals surface area contributed by atoms with Crippen molar-refractivity contribution >= 4 is 11.9 Å². The van der Waals surface area contributed by atoms with Crippen LogP contribution in [0, 0.1) is 0 Å². The molecule has 0 aliphatic rings. The smallest absolute Gasteiger partial charge is 0.416 e. The molecule has 0 spiro atoms. The third-order valence-corrected chi connectivity index (χ3v) is 2.81. The molecule has 0 aliphatic carbocycles. The summed E-state index contributed by atoms with van der Waals surface area (Å²) in [6.45, 7) is 1.48. The van der Waals surface area contributed by atoms with E-state index in [4.69, 9.17) is 4.74 Å². The number of ether oxygens (including phenoxy) is 1. The molecule has 0 radical (unpaired) electrons. The Morgan fingerprint density at radius 3 is 2.45 bits per heavy atom. The zero-order valence-electron chi connectivity index (χ0n) is 11.8. The molecule has 1 atom stereocenters. The van der Waals surface area contributed by atoms with E-state index in [0.717, 1.165) is 24.3 Å². The third kappa shape index (κ3) is 3.74. The van der Waals surface area contributed by atoms with Crippen molar-refractivity contribution in [1.29, 1.82) is 0 Å². The van der Waals surface area contributed by atoms with Gasteiger partial charge in [0.05, 0.1) is 5.56 Å². The fourth-order valence-corrected chi connectivity index (χ4v) is 1.59. The van der Waals surface area contributed by atoms with Crippen molar-refractivity contribution in [2.75, 3.05) is 5.32 Å². The van der Waals surface area contributed by atoms with E-state index in [2.05, 4.69) is 15.5 Å². The monoisotopic (exact) mass is 314 g/mol. The van der Waals surface area contributed by atoms with Gasteiger partial charge in [-0.2, -0.15) is 13.2 Å². The van der Waals surface area contributed by atoms with Crippen molar-refractivity contribution in [2.24, 2.45) is 7.05 Å². The largest absolute Gasteiger partial charge is 0.481 e. The number of hydrogen-bond donors (Lipinski definition) is 1. The first-order chi connectivity index (χ1) is 10.3. The standard InChI is InChI=1S/C13H13F3N4O2/c1-8(11(21)18-12-19-17-7-20(12)2)22-10-5-3-9(4-6-10)13(14,15)16/h3-8H,1-2H3,(H,18,19,21)/t8-/m0/s1. The van der Waals surface area contributed by atoms with Crippen molar-refractivity contribution < 1.29 is 22.7 Å². The molecule has 1 N–H and O–H groups in total. The second kappa shape index (κ2) is 6.04. The molecule has 0 bridgehead atoms. The Morgan fingerprint density at radius 2 is 1.95 bits per heavy atom. The van der Waals surface area contributed by atoms with Crippen molar-refractivity contribution in [3.63, 3.8) is 0 Å². The van der Waals surface area contributed by atoms with Crippen LogP contribution in [0.2, 0.25) is 0 Å². The summed E-state index contributed by atoms with van der Waals surface area (Å²) < 4.78 is 44.1. The summed E-state index contributed by atoms with van der Waals surface area (Å²) in [5.74, 6) is -0.0857. The maximum Gasteiger partial charge on any atom is 0.416 e. The summed E-state index contributed by atoms with van der Waals surface area (Å²) in [4.78, 5) is 11.9. The molecule has 6 nitrogen and oxygen atoms in total. The van der Waals surface area contributed by atoms with Gasteiger partial charge in [-0.3, -0.25) is 10.1 Å². The second-order valence-corrected chi connectivity index (χ2v) is 4.54. The SMILES string of the molecule is C[C@H](Oc1ccc(C(F)(F)F)cc1)C(=O)Nc1nncn1C. The lowest BCUT2D eigenvalue weighted by Gasteiger charge is -2.15. The van der Waals surface area contributed by atoms with Gasteiger partial charge in [-0.15, -0.1) is 10.2 Å². The van der Waals surface area contributed by atoms with Crippen LogP contribution >= 0.6 is 0 Å². The van der Waals surface area contributed by atoms with Gasteiger partial charge in [0.15, 0.2) is 6.10 Å². The van der Waals surface area contributed by atoms with Gasteiger partial charge in [-0.25, -0.2) is 0 Å². The van der Waals surface area contributed by atoms with E-state index < -0.39 is 23.8 Å². The van der Waals surface area contributed by atoms with Crippen molar-refractivity contribution in [3.05, 3.63) is 36.2 Å². The average molecular weight is 314 g/mol. The van der Waals surface area contributed by atoms with Gasteiger partial charge in [0.25, 0.3) is 5.91 Å². The van der Waals surface area contributed by atoms with Gasteiger partial charge in [-0.05, 0) is 31.2 Å². The number of carbonyl (C=O) groups is 1. The Labute approximate surface area is 123 Å². The number of anilines is 1. The molecule has 0 saturated carbocycles. The molecule has 0 saturated heterocycles. The third-order valence-electron chi connectivity index (χ3n) is 2.81. The number of aryl methyl sites for hydroxylation is 1. The number of halogens is 3. The lowest BCUT2D eigenvalue weighted by atomic mass is 10.2. The highest BCUT2D eigenvalue weighted by Gasteiger charge is 2.30. The first-order valence-corrected chi connectivity index (χ1v) is 6.26. The Morgan fingerprint density at radius 1 is 1.32 bits per heavy atom. The van der Waals surface area contributed by atoms with Crippen LogP contribution in [-0.2, 0) is 18.0 Å². The van der Waals surface area contributed by atoms with E-state index in [1.54, 1.807) is 7.05 Å². The summed E-state index contributed by atoms with van der Waals surface area (Å²) in [6, 6.07) is 4.11. The minimum atomic E-state index is -4.41. The number of benzene rings is 1. The van der Waals surface area contributed by atoms with Gasteiger partial charge in [0.2, 0.25) is 5.95 Å². The lowest BCUT2D eigenvalue weighted by Crippen LogP contribution is -2.31. The number of alkyl halides is 3. The molecule has 22 heavy (non-hydrogen) atoms. The van der Waals surface area contributed by atoms with Crippen molar-refractivity contribution in [2.45, 2.75) is 19.2 Å². The summed E-state index contributed by atoms with van der Waals surface area (Å²) in [5.41, 5.74) is -0.781. The fourth-order valence-electron chi connectivity index (χ4n) is 1.59. The lowest BCUT2D eigenvalue weighted by molar-refractivity contribution is -0.137. The summed E-state index contributed by atoms with van der Waals surface area (Å²) in [7, 11) is 1.65. The predicted molar refractivity (Wildman–Crippen MR) is 71.2 cm³/mol. The molecule has 2 aromatic rings. The maximum atomic E-state index is 12.4. The van der Waals surface area contributed by atoms with E-state index in [-0.39, 0.29) is 11.7 Å². The van der Waals surface area contributed by atoms with Crippen LogP contribution in [0.5, 0.6) is 5.75 Å². The van der Waals surface area contributed by atoms with Gasteiger partial charge < -0.3 is 9.30 Å². The van der Waals surface area contributed by atoms with Gasteiger partial charge in [0.1, 0.15) is 12.1 Å². The second-order valence-electron chi connectivity index (χ2n) is 4.54. The predicted octanol–water partition coefficient (Wildman–Crippen LogP) is 2.24. The number of carbonyl (C=O) groups excluding carboxylic acids is 1. The van der Waals surface area contributed by atoms with E-state index in [9.17, 15) is 18.0 Å². The molecule has 0 aliphatic heterocycles. The quantitative estimate of drug-likeness (QED) is 0.939. The molecule has 1 aromatic heterocycles. The first-order valence-electron chi connectivity index (χ1n) is 6.26. The van der Waals surface area contributed by atoms with Crippen molar-refractivity contribution in [1.82, 2.24) is 14.8 Å². The Hall–Kier alpha value is -2.58. The highest BCUT2D eigenvalue weighted by molar-refractivity contribution is 5.92. The van der Waals surface area contributed by atoms with Gasteiger partial charge in [0, 0.05) is 7.05 Å². The molecule has 9 heteroatoms. The van der Waals surface area contributed by atoms with E-state index in [0.29, 0.717) is 0 Å². The molecule has 118 valence electrons. The van der Waals surface area contributed by atoms with Gasteiger partial charge >= 0.3 is 6.18 Å². The van der Waals surface area contributed by atoms with Crippen LogP contribution in [0.3, 0.4) is 0 Å². The van der Waals surface area contributed by atoms with Crippen LogP contribution in [-0.4, -0.2) is 26.8 Å². The zero-order chi connectivity index (χ0) is 16.3. The molecule has 2 rings (SSSR count). The molecular formula is C13H13F3N4O2. The fraction of sp³-hybridized carbons (Fsp3) is 0.308. The minimum absolute atomic E-state index is 0.161. The zero-order valence-corrected chi connectivity index (χ0v) is 11.8. The normalized spacial score (nSPS) is 12.8. The van der Waals surface area contributed by atoms with Crippen molar-refractivity contribution in [3.8, 4) is 5.75 Å². The van der Waals surface area contributed by atoms with E-state index in [1.807, 2.05) is 0 Å². The number of amides is 1. The van der Waals surface area contributed by atoms with Crippen LogP contribution < -0.4 is 10.1 Å². The minimum Gasteiger partial charge on any atom is -0.481 e. The molecular weight excluding hydrogens is 301 g/mol.